The maximum atomic E-state index is 12.2. The lowest BCUT2D eigenvalue weighted by Gasteiger charge is -2.64. The van der Waals surface area contributed by atoms with E-state index in [-0.39, 0.29) is 0 Å². The lowest BCUT2D eigenvalue weighted by Crippen LogP contribution is -2.57. The average Bonchev–Trinajstić information content (AvgIpc) is 2.97. The van der Waals surface area contributed by atoms with Crippen LogP contribution in [0.15, 0.2) is 0 Å². The molecule has 4 aliphatic carbocycles. The third-order valence-corrected chi connectivity index (χ3v) is 12.3. The first-order valence-electron chi connectivity index (χ1n) is 13.5. The highest BCUT2D eigenvalue weighted by Crippen LogP contribution is 2.73. The van der Waals surface area contributed by atoms with Crippen molar-refractivity contribution < 1.29 is 4.79 Å². The second kappa shape index (κ2) is 7.91. The molecule has 172 valence electrons. The molecular weight excluding hydrogens is 364 g/mol. The van der Waals surface area contributed by atoms with Crippen molar-refractivity contribution in [2.24, 2.45) is 57.7 Å². The third-order valence-electron chi connectivity index (χ3n) is 12.3. The van der Waals surface area contributed by atoms with Crippen LogP contribution in [0.3, 0.4) is 0 Å². The first-order valence-corrected chi connectivity index (χ1v) is 13.5. The summed E-state index contributed by atoms with van der Waals surface area (Å²) >= 11 is 0. The Morgan fingerprint density at radius 1 is 0.833 bits per heavy atom. The van der Waals surface area contributed by atoms with Gasteiger partial charge < -0.3 is 0 Å². The van der Waals surface area contributed by atoms with Gasteiger partial charge in [-0.05, 0) is 103 Å². The summed E-state index contributed by atoms with van der Waals surface area (Å²) in [6.45, 7) is 17.8. The fraction of sp³-hybridized carbons (Fsp3) is 0.966. The highest BCUT2D eigenvalue weighted by Gasteiger charge is 2.65. The molecule has 0 aliphatic heterocycles. The Kier molecular flexibility index (Phi) is 6.03. The summed E-state index contributed by atoms with van der Waals surface area (Å²) < 4.78 is 0. The fourth-order valence-electron chi connectivity index (χ4n) is 9.47. The average molecular weight is 415 g/mol. The number of hydrogen-bond acceptors (Lipinski definition) is 1. The summed E-state index contributed by atoms with van der Waals surface area (Å²) in [6, 6.07) is 0. The van der Waals surface area contributed by atoms with Gasteiger partial charge in [-0.15, -0.1) is 0 Å². The number of carbonyl (C=O) groups is 1. The van der Waals surface area contributed by atoms with E-state index in [1.165, 1.54) is 57.8 Å². The number of carbonyl (C=O) groups excluding carboxylic acids is 1. The number of ketones is 1. The molecule has 1 unspecified atom stereocenters. The summed E-state index contributed by atoms with van der Waals surface area (Å²) in [5.74, 6) is 6.46. The first-order chi connectivity index (χ1) is 14.0. The Morgan fingerprint density at radius 2 is 1.53 bits per heavy atom. The molecule has 0 N–H and O–H groups in total. The Hall–Kier alpha value is -0.330. The molecule has 0 aromatic heterocycles. The minimum atomic E-state index is 0.442. The van der Waals surface area contributed by atoms with Gasteiger partial charge in [0.2, 0.25) is 0 Å². The molecule has 9 atom stereocenters. The maximum absolute atomic E-state index is 12.2. The van der Waals surface area contributed by atoms with E-state index >= 15 is 0 Å². The lowest BCUT2D eigenvalue weighted by molar-refractivity contribution is -0.162. The summed E-state index contributed by atoms with van der Waals surface area (Å²) in [5, 5.41) is 0. The van der Waals surface area contributed by atoms with Gasteiger partial charge in [-0.1, -0.05) is 61.3 Å². The number of hydrogen-bond donors (Lipinski definition) is 0. The molecule has 1 nitrogen and oxygen atoms in total. The molecule has 0 amide bonds. The predicted molar refractivity (Wildman–Crippen MR) is 127 cm³/mol. The third kappa shape index (κ3) is 3.35. The number of fused-ring (bicyclic) bond motifs is 5. The van der Waals surface area contributed by atoms with E-state index in [1.807, 2.05) is 0 Å². The van der Waals surface area contributed by atoms with Gasteiger partial charge in [0, 0.05) is 12.8 Å². The van der Waals surface area contributed by atoms with Crippen LogP contribution in [0, 0.1) is 57.7 Å². The monoisotopic (exact) mass is 414 g/mol. The molecule has 0 radical (unpaired) electrons. The van der Waals surface area contributed by atoms with Crippen molar-refractivity contribution in [2.75, 3.05) is 0 Å². The van der Waals surface area contributed by atoms with Crippen molar-refractivity contribution in [1.82, 2.24) is 0 Å². The van der Waals surface area contributed by atoms with Crippen LogP contribution in [0.1, 0.15) is 119 Å². The molecule has 1 heteroatoms. The number of rotatable bonds is 5. The fourth-order valence-corrected chi connectivity index (χ4v) is 9.47. The Morgan fingerprint density at radius 3 is 2.23 bits per heavy atom. The van der Waals surface area contributed by atoms with Gasteiger partial charge in [0.05, 0.1) is 0 Å². The quantitative estimate of drug-likeness (QED) is 0.442. The van der Waals surface area contributed by atoms with Crippen LogP contribution in [0.25, 0.3) is 0 Å². The van der Waals surface area contributed by atoms with Gasteiger partial charge in [0.15, 0.2) is 0 Å². The van der Waals surface area contributed by atoms with Crippen molar-refractivity contribution >= 4 is 5.78 Å². The van der Waals surface area contributed by atoms with Crippen molar-refractivity contribution in [3.05, 3.63) is 0 Å². The maximum Gasteiger partial charge on any atom is 0.133 e. The topological polar surface area (TPSA) is 17.1 Å². The van der Waals surface area contributed by atoms with Gasteiger partial charge in [-0.2, -0.15) is 0 Å². The van der Waals surface area contributed by atoms with E-state index in [2.05, 4.69) is 48.5 Å². The van der Waals surface area contributed by atoms with E-state index in [0.717, 1.165) is 48.3 Å². The lowest BCUT2D eigenvalue weighted by atomic mass is 9.40. The first kappa shape index (κ1) is 22.8. The van der Waals surface area contributed by atoms with Crippen LogP contribution in [0.2, 0.25) is 0 Å². The molecule has 4 fully saturated rings. The van der Waals surface area contributed by atoms with Crippen LogP contribution in [-0.2, 0) is 4.79 Å². The molecule has 0 aromatic rings. The molecule has 0 spiro atoms. The zero-order valence-electron chi connectivity index (χ0n) is 21.2. The summed E-state index contributed by atoms with van der Waals surface area (Å²) in [5.41, 5.74) is 1.49. The van der Waals surface area contributed by atoms with Gasteiger partial charge in [-0.25, -0.2) is 0 Å². The Labute approximate surface area is 187 Å². The normalized spacial score (nSPS) is 48.1. The van der Waals surface area contributed by atoms with Gasteiger partial charge in [0.25, 0.3) is 0 Å². The largest absolute Gasteiger partial charge is 0.300 e. The van der Waals surface area contributed by atoms with E-state index in [4.69, 9.17) is 0 Å². The van der Waals surface area contributed by atoms with Crippen molar-refractivity contribution in [2.45, 2.75) is 119 Å². The molecule has 30 heavy (non-hydrogen) atoms. The molecule has 0 bridgehead atoms. The molecule has 4 rings (SSSR count). The zero-order valence-corrected chi connectivity index (χ0v) is 21.2. The standard InChI is InChI=1S/C29H50O/c1-19(2)20(3)8-9-21(4)24-13-16-29(7)26-11-10-22-18-23(30)12-15-27(22,5)25(26)14-17-28(24,29)6/h19-22,24-26H,8-18H2,1-7H3/t20-,21+,22?,24+,25-,26+,27-,28+,29-/m0/s1. The van der Waals surface area contributed by atoms with E-state index in [9.17, 15) is 4.79 Å². The van der Waals surface area contributed by atoms with Gasteiger partial charge in [-0.3, -0.25) is 4.79 Å². The van der Waals surface area contributed by atoms with Crippen molar-refractivity contribution in [3.63, 3.8) is 0 Å². The van der Waals surface area contributed by atoms with E-state index < -0.39 is 0 Å². The van der Waals surface area contributed by atoms with Crippen LogP contribution in [0.4, 0.5) is 0 Å². The molecule has 4 aliphatic rings. The summed E-state index contributed by atoms with van der Waals surface area (Å²) in [6.07, 6.45) is 14.3. The molecule has 0 heterocycles. The smallest absolute Gasteiger partial charge is 0.133 e. The molecule has 4 saturated carbocycles. The summed E-state index contributed by atoms with van der Waals surface area (Å²) in [4.78, 5) is 12.2. The predicted octanol–water partition coefficient (Wildman–Crippen LogP) is 8.31. The highest BCUT2D eigenvalue weighted by molar-refractivity contribution is 5.79. The number of Topliss-reactive ketones (excluding diaryl/α,β-unsaturated/α-hetero) is 1. The van der Waals surface area contributed by atoms with Crippen molar-refractivity contribution in [1.29, 1.82) is 0 Å². The Balaban J connectivity index is 1.52. The van der Waals surface area contributed by atoms with Gasteiger partial charge in [0.1, 0.15) is 5.78 Å². The molecule has 0 saturated heterocycles. The molecular formula is C29H50O. The zero-order chi connectivity index (χ0) is 21.9. The van der Waals surface area contributed by atoms with Gasteiger partial charge >= 0.3 is 0 Å². The van der Waals surface area contributed by atoms with Crippen LogP contribution >= 0.6 is 0 Å². The molecule has 0 aromatic carbocycles. The second-order valence-corrected chi connectivity index (χ2v) is 13.5. The van der Waals surface area contributed by atoms with Crippen LogP contribution < -0.4 is 0 Å². The van der Waals surface area contributed by atoms with Crippen molar-refractivity contribution in [3.8, 4) is 0 Å². The SMILES string of the molecule is CC(C)[C@@H](C)CC[C@@H](C)[C@H]1CC[C@@]2(C)[C@@H]3CCC4CC(=O)CC[C@]4(C)[C@H]3CC[C@]12C. The van der Waals surface area contributed by atoms with E-state index in [0.29, 0.717) is 27.9 Å². The van der Waals surface area contributed by atoms with E-state index in [1.54, 1.807) is 0 Å². The summed E-state index contributed by atoms with van der Waals surface area (Å²) in [7, 11) is 0. The van der Waals surface area contributed by atoms with Crippen LogP contribution in [-0.4, -0.2) is 5.78 Å². The Bertz CT molecular complexity index is 651. The second-order valence-electron chi connectivity index (χ2n) is 13.5. The van der Waals surface area contributed by atoms with Crippen LogP contribution in [0.5, 0.6) is 0 Å². The highest BCUT2D eigenvalue weighted by atomic mass is 16.1. The minimum Gasteiger partial charge on any atom is -0.300 e. The minimum absolute atomic E-state index is 0.442.